The van der Waals surface area contributed by atoms with Gasteiger partial charge in [0.15, 0.2) is 6.29 Å². The van der Waals surface area contributed by atoms with Crippen molar-refractivity contribution in [2.45, 2.75) is 32.0 Å². The van der Waals surface area contributed by atoms with E-state index < -0.39 is 0 Å². The summed E-state index contributed by atoms with van der Waals surface area (Å²) in [5.41, 5.74) is 3.29. The van der Waals surface area contributed by atoms with Gasteiger partial charge in [-0.15, -0.1) is 0 Å². The molecule has 29 heavy (non-hydrogen) atoms. The highest BCUT2D eigenvalue weighted by Crippen LogP contribution is 2.42. The number of benzene rings is 2. The molecule has 2 aliphatic rings. The van der Waals surface area contributed by atoms with Crippen molar-refractivity contribution in [3.8, 4) is 0 Å². The Labute approximate surface area is 177 Å². The third-order valence-electron chi connectivity index (χ3n) is 5.33. The van der Waals surface area contributed by atoms with Gasteiger partial charge in [0.1, 0.15) is 0 Å². The number of para-hydroxylation sites is 1. The molecule has 1 unspecified atom stereocenters. The van der Waals surface area contributed by atoms with Gasteiger partial charge in [0.2, 0.25) is 0 Å². The summed E-state index contributed by atoms with van der Waals surface area (Å²) in [4.78, 5) is 17.4. The number of halogens is 1. The van der Waals surface area contributed by atoms with Crippen LogP contribution in [0.2, 0.25) is 5.02 Å². The monoisotopic (exact) mass is 413 g/mol. The van der Waals surface area contributed by atoms with E-state index in [2.05, 4.69) is 11.8 Å². The Balaban J connectivity index is 1.67. The second kappa shape index (κ2) is 9.16. The zero-order valence-electron chi connectivity index (χ0n) is 16.5. The lowest BCUT2D eigenvalue weighted by molar-refractivity contribution is -0.160. The van der Waals surface area contributed by atoms with Gasteiger partial charge in [-0.25, -0.2) is 0 Å². The standard InChI is InChI=1S/C23H26ClN2O3/c1-2-12-25-19-8-4-3-7-18(19)23(27)26(20-11-10-17(24)16-21(20)25)13-15-29-22-9-5-6-14-28-22/h3-4,7-8,10-11,16,22H,1-2,5-6,9,12-15H2. The summed E-state index contributed by atoms with van der Waals surface area (Å²) >= 11 is 6.33. The predicted octanol–water partition coefficient (Wildman–Crippen LogP) is 5.21. The Morgan fingerprint density at radius 3 is 2.72 bits per heavy atom. The molecule has 0 bridgehead atoms. The Kier molecular flexibility index (Phi) is 6.38. The average Bonchev–Trinajstić information content (AvgIpc) is 2.84. The highest BCUT2D eigenvalue weighted by Gasteiger charge is 2.30. The van der Waals surface area contributed by atoms with Crippen LogP contribution in [-0.2, 0) is 9.47 Å². The fourth-order valence-electron chi connectivity index (χ4n) is 3.95. The van der Waals surface area contributed by atoms with E-state index in [1.807, 2.05) is 42.5 Å². The lowest BCUT2D eigenvalue weighted by Crippen LogP contribution is -2.35. The van der Waals surface area contributed by atoms with Gasteiger partial charge in [-0.3, -0.25) is 4.79 Å². The molecule has 6 heteroatoms. The third kappa shape index (κ3) is 4.27. The van der Waals surface area contributed by atoms with Crippen LogP contribution in [0.4, 0.5) is 17.1 Å². The van der Waals surface area contributed by atoms with E-state index in [1.165, 1.54) is 0 Å². The highest BCUT2D eigenvalue weighted by molar-refractivity contribution is 6.31. The van der Waals surface area contributed by atoms with Crippen LogP contribution in [0.5, 0.6) is 0 Å². The molecule has 0 aliphatic carbocycles. The molecule has 2 aromatic carbocycles. The van der Waals surface area contributed by atoms with E-state index in [1.54, 1.807) is 4.90 Å². The Morgan fingerprint density at radius 2 is 1.93 bits per heavy atom. The maximum Gasteiger partial charge on any atom is 0.260 e. The first kappa shape index (κ1) is 20.2. The number of nitrogens with zero attached hydrogens (tertiary/aromatic N) is 2. The molecule has 0 spiro atoms. The van der Waals surface area contributed by atoms with Crippen LogP contribution in [0.25, 0.3) is 0 Å². The minimum absolute atomic E-state index is 0.0381. The maximum absolute atomic E-state index is 13.5. The van der Waals surface area contributed by atoms with Crippen LogP contribution in [0.1, 0.15) is 36.0 Å². The van der Waals surface area contributed by atoms with Crippen molar-refractivity contribution >= 4 is 34.6 Å². The summed E-state index contributed by atoms with van der Waals surface area (Å²) in [5, 5.41) is 0.636. The number of amides is 1. The van der Waals surface area contributed by atoms with Crippen LogP contribution in [0.3, 0.4) is 0 Å². The lowest BCUT2D eigenvalue weighted by atomic mass is 10.1. The van der Waals surface area contributed by atoms with Crippen LogP contribution in [0, 0.1) is 6.92 Å². The molecule has 1 fully saturated rings. The number of rotatable bonds is 6. The highest BCUT2D eigenvalue weighted by atomic mass is 35.5. The molecule has 0 saturated carbocycles. The first-order valence-corrected chi connectivity index (χ1v) is 10.6. The second-order valence-electron chi connectivity index (χ2n) is 7.28. The van der Waals surface area contributed by atoms with E-state index in [0.29, 0.717) is 36.7 Å². The minimum Gasteiger partial charge on any atom is -0.353 e. The van der Waals surface area contributed by atoms with Gasteiger partial charge in [-0.1, -0.05) is 30.7 Å². The molecule has 153 valence electrons. The van der Waals surface area contributed by atoms with E-state index in [9.17, 15) is 4.79 Å². The fourth-order valence-corrected chi connectivity index (χ4v) is 4.12. The molecule has 1 saturated heterocycles. The van der Waals surface area contributed by atoms with Crippen LogP contribution in [-0.4, -0.2) is 38.5 Å². The molecule has 2 aromatic rings. The molecule has 5 nitrogen and oxygen atoms in total. The molecule has 2 heterocycles. The van der Waals surface area contributed by atoms with Gasteiger partial charge in [-0.2, -0.15) is 0 Å². The molecular weight excluding hydrogens is 388 g/mol. The Hall–Kier alpha value is -2.08. The summed E-state index contributed by atoms with van der Waals surface area (Å²) in [5.74, 6) is -0.0381. The minimum atomic E-state index is -0.175. The van der Waals surface area contributed by atoms with Crippen molar-refractivity contribution in [1.82, 2.24) is 0 Å². The number of carbonyl (C=O) groups is 1. The van der Waals surface area contributed by atoms with Gasteiger partial charge in [-0.05, 0) is 56.0 Å². The van der Waals surface area contributed by atoms with Gasteiger partial charge < -0.3 is 19.3 Å². The molecular formula is C23H26ClN2O3. The Morgan fingerprint density at radius 1 is 1.07 bits per heavy atom. The van der Waals surface area contributed by atoms with Gasteiger partial charge >= 0.3 is 0 Å². The van der Waals surface area contributed by atoms with Crippen molar-refractivity contribution < 1.29 is 14.3 Å². The normalized spacial score (nSPS) is 19.0. The predicted molar refractivity (Wildman–Crippen MR) is 116 cm³/mol. The molecule has 2 aliphatic heterocycles. The summed E-state index contributed by atoms with van der Waals surface area (Å²) in [6.45, 7) is 6.30. The van der Waals surface area contributed by atoms with E-state index in [0.717, 1.165) is 42.9 Å². The van der Waals surface area contributed by atoms with Gasteiger partial charge in [0.05, 0.1) is 29.2 Å². The second-order valence-corrected chi connectivity index (χ2v) is 7.72. The van der Waals surface area contributed by atoms with Crippen LogP contribution >= 0.6 is 11.6 Å². The molecule has 0 N–H and O–H groups in total. The first-order valence-electron chi connectivity index (χ1n) is 10.2. The topological polar surface area (TPSA) is 42.0 Å². The van der Waals surface area contributed by atoms with Crippen LogP contribution < -0.4 is 9.80 Å². The number of fused-ring (bicyclic) bond motifs is 2. The van der Waals surface area contributed by atoms with Crippen molar-refractivity contribution in [3.63, 3.8) is 0 Å². The van der Waals surface area contributed by atoms with E-state index >= 15 is 0 Å². The van der Waals surface area contributed by atoms with Crippen molar-refractivity contribution in [2.24, 2.45) is 0 Å². The van der Waals surface area contributed by atoms with Crippen molar-refractivity contribution in [1.29, 1.82) is 0 Å². The molecule has 1 amide bonds. The zero-order chi connectivity index (χ0) is 20.2. The quantitative estimate of drug-likeness (QED) is 0.652. The number of ether oxygens (including phenoxy) is 2. The Bertz CT molecular complexity index is 867. The summed E-state index contributed by atoms with van der Waals surface area (Å²) in [6, 6.07) is 13.3. The number of hydrogen-bond donors (Lipinski definition) is 0. The number of carbonyl (C=O) groups excluding carboxylic acids is 1. The summed E-state index contributed by atoms with van der Waals surface area (Å²) in [7, 11) is 0. The van der Waals surface area contributed by atoms with Crippen molar-refractivity contribution in [2.75, 3.05) is 36.1 Å². The van der Waals surface area contributed by atoms with E-state index in [-0.39, 0.29) is 12.2 Å². The molecule has 1 radical (unpaired) electrons. The number of hydrogen-bond acceptors (Lipinski definition) is 4. The zero-order valence-corrected chi connectivity index (χ0v) is 17.2. The smallest absolute Gasteiger partial charge is 0.260 e. The summed E-state index contributed by atoms with van der Waals surface area (Å²) in [6.07, 6.45) is 3.63. The molecule has 1 atom stereocenters. The van der Waals surface area contributed by atoms with Crippen LogP contribution in [0.15, 0.2) is 42.5 Å². The molecule has 0 aromatic heterocycles. The largest absolute Gasteiger partial charge is 0.353 e. The number of anilines is 3. The maximum atomic E-state index is 13.5. The SMILES string of the molecule is [CH2]CCN1c2ccccc2C(=O)N(CCOC2CCCCO2)c2ccc(Cl)cc21. The summed E-state index contributed by atoms with van der Waals surface area (Å²) < 4.78 is 11.6. The third-order valence-corrected chi connectivity index (χ3v) is 5.56. The van der Waals surface area contributed by atoms with Crippen molar-refractivity contribution in [3.05, 3.63) is 60.0 Å². The van der Waals surface area contributed by atoms with E-state index in [4.69, 9.17) is 21.1 Å². The lowest BCUT2D eigenvalue weighted by Gasteiger charge is -2.28. The van der Waals surface area contributed by atoms with Gasteiger partial charge in [0, 0.05) is 24.7 Å². The fraction of sp³-hybridized carbons (Fsp3) is 0.391. The molecule has 4 rings (SSSR count). The average molecular weight is 414 g/mol. The van der Waals surface area contributed by atoms with Gasteiger partial charge in [0.25, 0.3) is 5.91 Å². The first-order chi connectivity index (χ1) is 14.2.